The van der Waals surface area contributed by atoms with E-state index >= 15 is 0 Å². The summed E-state index contributed by atoms with van der Waals surface area (Å²) in [7, 11) is 0. The zero-order valence-electron chi connectivity index (χ0n) is 13.8. The Balaban J connectivity index is 1.47. The Morgan fingerprint density at radius 3 is 2.59 bits per heavy atom. The molecule has 3 rings (SSSR count). The van der Waals surface area contributed by atoms with Crippen molar-refractivity contribution in [3.8, 4) is 0 Å². The lowest BCUT2D eigenvalue weighted by Crippen LogP contribution is -2.32. The predicted octanol–water partition coefficient (Wildman–Crippen LogP) is 3.98. The molecule has 1 aromatic carbocycles. The molecule has 2 aliphatic rings. The van der Waals surface area contributed by atoms with E-state index < -0.39 is 0 Å². The predicted molar refractivity (Wildman–Crippen MR) is 94.5 cm³/mol. The molecule has 0 heterocycles. The van der Waals surface area contributed by atoms with E-state index in [1.165, 1.54) is 44.2 Å². The molecule has 0 aromatic heterocycles. The Labute approximate surface area is 135 Å². The second-order valence-electron chi connectivity index (χ2n) is 7.12. The molecule has 0 radical (unpaired) electrons. The van der Waals surface area contributed by atoms with Crippen LogP contribution in [0, 0.1) is 11.8 Å². The Kier molecular flexibility index (Phi) is 5.32. The Morgan fingerprint density at radius 1 is 1.18 bits per heavy atom. The van der Waals surface area contributed by atoms with Crippen LogP contribution in [0.15, 0.2) is 35.9 Å². The van der Waals surface area contributed by atoms with E-state index in [1.807, 2.05) is 0 Å². The molecular weight excluding hydrogens is 268 g/mol. The molecule has 0 aliphatic heterocycles. The zero-order chi connectivity index (χ0) is 15.4. The van der Waals surface area contributed by atoms with Crippen LogP contribution in [-0.2, 0) is 0 Å². The van der Waals surface area contributed by atoms with E-state index in [0.29, 0.717) is 12.1 Å². The van der Waals surface area contributed by atoms with Gasteiger partial charge in [0.15, 0.2) is 0 Å². The van der Waals surface area contributed by atoms with E-state index in [9.17, 15) is 0 Å². The number of rotatable bonds is 6. The standard InChI is InChI=1S/C20H30N2/c1-2-17(12-15-6-4-3-5-7-15)19-13-20(19)22-14-16-8-10-18(21)11-9-16/h3-7,12,16,18-20,22H,2,8-11,13-14,21H2,1H3/t16?,18?,19?,20-/m0/s1. The summed E-state index contributed by atoms with van der Waals surface area (Å²) in [4.78, 5) is 0. The highest BCUT2D eigenvalue weighted by molar-refractivity contribution is 5.54. The van der Waals surface area contributed by atoms with Gasteiger partial charge in [-0.05, 0) is 62.5 Å². The van der Waals surface area contributed by atoms with Crippen molar-refractivity contribution in [2.24, 2.45) is 17.6 Å². The third-order valence-electron chi connectivity index (χ3n) is 5.39. The summed E-state index contributed by atoms with van der Waals surface area (Å²) < 4.78 is 0. The smallest absolute Gasteiger partial charge is 0.0140 e. The second-order valence-corrected chi connectivity index (χ2v) is 7.12. The highest BCUT2D eigenvalue weighted by Crippen LogP contribution is 2.40. The number of benzene rings is 1. The molecule has 2 aliphatic carbocycles. The Morgan fingerprint density at radius 2 is 1.91 bits per heavy atom. The summed E-state index contributed by atoms with van der Waals surface area (Å²) in [6.07, 6.45) is 9.93. The van der Waals surface area contributed by atoms with Gasteiger partial charge in [-0.1, -0.05) is 48.9 Å². The first kappa shape index (κ1) is 15.8. The minimum atomic E-state index is 0.463. The Bertz CT molecular complexity index is 486. The van der Waals surface area contributed by atoms with Crippen LogP contribution < -0.4 is 11.1 Å². The van der Waals surface area contributed by atoms with Crippen molar-refractivity contribution < 1.29 is 0 Å². The lowest BCUT2D eigenvalue weighted by molar-refractivity contribution is 0.313. The fraction of sp³-hybridized carbons (Fsp3) is 0.600. The topological polar surface area (TPSA) is 38.0 Å². The molecule has 2 atom stereocenters. The maximum absolute atomic E-state index is 5.99. The van der Waals surface area contributed by atoms with Gasteiger partial charge in [-0.3, -0.25) is 0 Å². The average Bonchev–Trinajstić information content (AvgIpc) is 3.32. The van der Waals surface area contributed by atoms with E-state index in [4.69, 9.17) is 5.73 Å². The lowest BCUT2D eigenvalue weighted by Gasteiger charge is -2.26. The van der Waals surface area contributed by atoms with Crippen molar-refractivity contribution in [1.29, 1.82) is 0 Å². The Hall–Kier alpha value is -1.12. The van der Waals surface area contributed by atoms with Gasteiger partial charge in [-0.2, -0.15) is 0 Å². The average molecular weight is 298 g/mol. The molecule has 2 heteroatoms. The van der Waals surface area contributed by atoms with Crippen LogP contribution in [0.3, 0.4) is 0 Å². The van der Waals surface area contributed by atoms with Crippen LogP contribution in [-0.4, -0.2) is 18.6 Å². The van der Waals surface area contributed by atoms with Crippen LogP contribution in [0.5, 0.6) is 0 Å². The minimum Gasteiger partial charge on any atom is -0.328 e. The van der Waals surface area contributed by atoms with Crippen molar-refractivity contribution in [3.05, 3.63) is 41.5 Å². The van der Waals surface area contributed by atoms with Gasteiger partial charge in [0, 0.05) is 12.1 Å². The van der Waals surface area contributed by atoms with Gasteiger partial charge >= 0.3 is 0 Å². The number of nitrogens with one attached hydrogen (secondary N) is 1. The monoisotopic (exact) mass is 298 g/mol. The summed E-state index contributed by atoms with van der Waals surface area (Å²) in [5.74, 6) is 1.61. The van der Waals surface area contributed by atoms with Gasteiger partial charge in [0.1, 0.15) is 0 Å². The van der Waals surface area contributed by atoms with Crippen LogP contribution in [0.25, 0.3) is 6.08 Å². The molecule has 1 unspecified atom stereocenters. The first-order chi connectivity index (χ1) is 10.8. The largest absolute Gasteiger partial charge is 0.328 e. The van der Waals surface area contributed by atoms with Crippen LogP contribution in [0.2, 0.25) is 0 Å². The summed E-state index contributed by atoms with van der Waals surface area (Å²) in [6, 6.07) is 11.9. The van der Waals surface area contributed by atoms with Crippen LogP contribution in [0.4, 0.5) is 0 Å². The molecule has 2 fully saturated rings. The fourth-order valence-electron chi connectivity index (χ4n) is 3.78. The maximum atomic E-state index is 5.99. The number of hydrogen-bond donors (Lipinski definition) is 2. The van der Waals surface area contributed by atoms with Crippen LogP contribution >= 0.6 is 0 Å². The zero-order valence-corrected chi connectivity index (χ0v) is 13.8. The summed E-state index contributed by atoms with van der Waals surface area (Å²) >= 11 is 0. The summed E-state index contributed by atoms with van der Waals surface area (Å²) in [5, 5.41) is 3.81. The van der Waals surface area contributed by atoms with Gasteiger partial charge < -0.3 is 11.1 Å². The molecular formula is C20H30N2. The normalized spacial score (nSPS) is 32.0. The molecule has 120 valence electrons. The summed E-state index contributed by atoms with van der Waals surface area (Å²) in [5.41, 5.74) is 8.94. The molecule has 2 saturated carbocycles. The van der Waals surface area contributed by atoms with E-state index in [2.05, 4.69) is 48.6 Å². The molecule has 0 bridgehead atoms. The van der Waals surface area contributed by atoms with Gasteiger partial charge in [0.2, 0.25) is 0 Å². The number of nitrogens with two attached hydrogens (primary N) is 1. The van der Waals surface area contributed by atoms with E-state index in [-0.39, 0.29) is 0 Å². The highest BCUT2D eigenvalue weighted by atomic mass is 15.0. The molecule has 2 nitrogen and oxygen atoms in total. The lowest BCUT2D eigenvalue weighted by atomic mass is 9.86. The van der Waals surface area contributed by atoms with Crippen molar-refractivity contribution in [2.45, 2.75) is 57.5 Å². The van der Waals surface area contributed by atoms with Crippen LogP contribution in [0.1, 0.15) is 51.0 Å². The van der Waals surface area contributed by atoms with E-state index in [1.54, 1.807) is 5.57 Å². The molecule has 0 saturated heterocycles. The highest BCUT2D eigenvalue weighted by Gasteiger charge is 2.39. The fourth-order valence-corrected chi connectivity index (χ4v) is 3.78. The van der Waals surface area contributed by atoms with Crippen molar-refractivity contribution in [1.82, 2.24) is 5.32 Å². The first-order valence-corrected chi connectivity index (χ1v) is 9.00. The third kappa shape index (κ3) is 4.21. The molecule has 0 spiro atoms. The van der Waals surface area contributed by atoms with Gasteiger partial charge in [-0.15, -0.1) is 0 Å². The first-order valence-electron chi connectivity index (χ1n) is 9.00. The second kappa shape index (κ2) is 7.43. The van der Waals surface area contributed by atoms with Gasteiger partial charge in [0.25, 0.3) is 0 Å². The molecule has 0 amide bonds. The van der Waals surface area contributed by atoms with Crippen molar-refractivity contribution >= 4 is 6.08 Å². The number of hydrogen-bond acceptors (Lipinski definition) is 2. The van der Waals surface area contributed by atoms with Crippen molar-refractivity contribution in [3.63, 3.8) is 0 Å². The molecule has 22 heavy (non-hydrogen) atoms. The van der Waals surface area contributed by atoms with Crippen molar-refractivity contribution in [2.75, 3.05) is 6.54 Å². The quantitative estimate of drug-likeness (QED) is 0.834. The molecule has 1 aromatic rings. The van der Waals surface area contributed by atoms with Gasteiger partial charge in [0.05, 0.1) is 0 Å². The third-order valence-corrected chi connectivity index (χ3v) is 5.39. The maximum Gasteiger partial charge on any atom is 0.0140 e. The minimum absolute atomic E-state index is 0.463. The SMILES string of the molecule is CCC(=Cc1ccccc1)C1C[C@@H]1NCC1CCC(N)CC1. The van der Waals surface area contributed by atoms with E-state index in [0.717, 1.165) is 18.3 Å². The summed E-state index contributed by atoms with van der Waals surface area (Å²) in [6.45, 7) is 3.48. The van der Waals surface area contributed by atoms with Gasteiger partial charge in [-0.25, -0.2) is 0 Å². The molecule has 3 N–H and O–H groups in total.